The number of hydrogen-bond acceptors (Lipinski definition) is 11. The summed E-state index contributed by atoms with van der Waals surface area (Å²) in [6, 6.07) is 8.12. The molecule has 0 bridgehead atoms. The van der Waals surface area contributed by atoms with Crippen molar-refractivity contribution in [3.05, 3.63) is 42.0 Å². The van der Waals surface area contributed by atoms with Crippen molar-refractivity contribution in [1.29, 1.82) is 0 Å². The number of aromatic hydroxyl groups is 1. The minimum absolute atomic E-state index is 0.0103. The summed E-state index contributed by atoms with van der Waals surface area (Å²) in [5.41, 5.74) is -0.236. The Hall–Kier alpha value is -3.91. The Morgan fingerprint density at radius 1 is 0.962 bits per heavy atom. The van der Waals surface area contributed by atoms with E-state index in [0.717, 1.165) is 70.9 Å². The Kier molecular flexibility index (Phi) is 9.03. The van der Waals surface area contributed by atoms with Gasteiger partial charge in [-0.1, -0.05) is 18.6 Å². The van der Waals surface area contributed by atoms with Crippen molar-refractivity contribution in [2.45, 2.75) is 88.0 Å². The number of phenolic OH excluding ortho intramolecular Hbond substituents is 1. The van der Waals surface area contributed by atoms with Crippen LogP contribution in [0.1, 0.15) is 64.2 Å². The summed E-state index contributed by atoms with van der Waals surface area (Å²) >= 11 is 0. The first kappa shape index (κ1) is 34.8. The molecule has 5 aliphatic rings. The summed E-state index contributed by atoms with van der Waals surface area (Å²) in [6.07, 6.45) is 10.3. The first-order chi connectivity index (χ1) is 25.8. The number of benzene rings is 2. The van der Waals surface area contributed by atoms with E-state index in [4.69, 9.17) is 28.9 Å². The summed E-state index contributed by atoms with van der Waals surface area (Å²) in [5, 5.41) is 22.0. The molecule has 5 heterocycles. The predicted octanol–water partition coefficient (Wildman–Crippen LogP) is 6.15. The Bertz CT molecular complexity index is 2020. The summed E-state index contributed by atoms with van der Waals surface area (Å²) < 4.78 is 56.5. The van der Waals surface area contributed by atoms with Crippen molar-refractivity contribution in [3.63, 3.8) is 0 Å². The maximum absolute atomic E-state index is 17.1. The molecule has 5 fully saturated rings. The number of likely N-dealkylation sites (tertiary alicyclic amines) is 1. The second-order valence-corrected chi connectivity index (χ2v) is 15.8. The van der Waals surface area contributed by atoms with Gasteiger partial charge in [0.25, 0.3) is 0 Å². The van der Waals surface area contributed by atoms with Crippen LogP contribution in [-0.2, 0) is 9.47 Å². The number of methoxy groups -OCH3 is 1. The van der Waals surface area contributed by atoms with Gasteiger partial charge in [-0.2, -0.15) is 9.97 Å². The van der Waals surface area contributed by atoms with Crippen molar-refractivity contribution in [3.8, 4) is 28.9 Å². The van der Waals surface area contributed by atoms with Crippen LogP contribution in [0.3, 0.4) is 0 Å². The highest BCUT2D eigenvalue weighted by Crippen LogP contribution is 2.51. The molecule has 11 nitrogen and oxygen atoms in total. The monoisotopic (exact) mass is 731 g/mol. The van der Waals surface area contributed by atoms with Gasteiger partial charge < -0.3 is 34.1 Å². The molecule has 282 valence electrons. The molecule has 3 unspecified atom stereocenters. The van der Waals surface area contributed by atoms with E-state index in [1.54, 1.807) is 6.07 Å². The molecule has 0 radical (unpaired) electrons. The third-order valence-electron chi connectivity index (χ3n) is 12.8. The van der Waals surface area contributed by atoms with Gasteiger partial charge in [-0.15, -0.1) is 0 Å². The zero-order chi connectivity index (χ0) is 36.3. The van der Waals surface area contributed by atoms with Crippen LogP contribution in [-0.4, -0.2) is 107 Å². The number of β-amino-alcohol motifs (C(OH)–C–C–N with tert-alkyl or cyclic N) is 1. The summed E-state index contributed by atoms with van der Waals surface area (Å²) in [7, 11) is 1.42. The van der Waals surface area contributed by atoms with Crippen LogP contribution in [0.15, 0.2) is 30.3 Å². The van der Waals surface area contributed by atoms with Crippen LogP contribution >= 0.6 is 0 Å². The van der Waals surface area contributed by atoms with Gasteiger partial charge in [0.15, 0.2) is 5.82 Å². The number of hydrogen-bond donors (Lipinski definition) is 2. The lowest BCUT2D eigenvalue weighted by molar-refractivity contribution is -0.175. The molecule has 2 aliphatic carbocycles. The number of anilines is 1. The van der Waals surface area contributed by atoms with Gasteiger partial charge in [0.1, 0.15) is 34.0 Å². The number of fused-ring (bicyclic) bond motifs is 3. The fourth-order valence-electron chi connectivity index (χ4n) is 10.1. The molecule has 3 aliphatic heterocycles. The van der Waals surface area contributed by atoms with E-state index in [1.807, 2.05) is 4.90 Å². The van der Waals surface area contributed by atoms with Gasteiger partial charge >= 0.3 is 6.01 Å². The average molecular weight is 732 g/mol. The minimum atomic E-state index is -0.831. The molecule has 53 heavy (non-hydrogen) atoms. The van der Waals surface area contributed by atoms with E-state index in [-0.39, 0.29) is 69.4 Å². The quantitative estimate of drug-likeness (QED) is 0.228. The van der Waals surface area contributed by atoms with E-state index in [1.165, 1.54) is 37.8 Å². The number of ether oxygens (including phenoxy) is 4. The molecule has 2 N–H and O–H groups in total. The zero-order valence-corrected chi connectivity index (χ0v) is 30.2. The van der Waals surface area contributed by atoms with E-state index >= 15 is 8.78 Å². The number of aliphatic hydroxyl groups is 1. The van der Waals surface area contributed by atoms with Gasteiger partial charge in [0.05, 0.1) is 45.2 Å². The fraction of sp³-hybridized carbons (Fsp3) is 0.575. The van der Waals surface area contributed by atoms with E-state index in [2.05, 4.69) is 9.88 Å². The molecule has 0 amide bonds. The van der Waals surface area contributed by atoms with Crippen LogP contribution < -0.4 is 14.4 Å². The van der Waals surface area contributed by atoms with E-state index < -0.39 is 17.7 Å². The Morgan fingerprint density at radius 3 is 2.58 bits per heavy atom. The normalized spacial score (nSPS) is 29.3. The lowest BCUT2D eigenvalue weighted by atomic mass is 9.72. The largest absolute Gasteiger partial charge is 0.508 e. The predicted molar refractivity (Wildman–Crippen MR) is 195 cm³/mol. The van der Waals surface area contributed by atoms with Gasteiger partial charge in [0.2, 0.25) is 5.88 Å². The summed E-state index contributed by atoms with van der Waals surface area (Å²) in [6.45, 7) is 3.39. The molecule has 4 aromatic rings. The van der Waals surface area contributed by atoms with Crippen LogP contribution in [0.2, 0.25) is 0 Å². The maximum Gasteiger partial charge on any atom is 0.319 e. The zero-order valence-electron chi connectivity index (χ0n) is 30.2. The number of pyridine rings is 1. The molecule has 3 saturated heterocycles. The number of aliphatic hydroxyl groups excluding tert-OH is 1. The average Bonchev–Trinajstić information content (AvgIpc) is 3.47. The van der Waals surface area contributed by atoms with Gasteiger partial charge in [-0.3, -0.25) is 4.90 Å². The Morgan fingerprint density at radius 2 is 1.79 bits per heavy atom. The van der Waals surface area contributed by atoms with Crippen molar-refractivity contribution < 1.29 is 37.9 Å². The van der Waals surface area contributed by atoms with E-state index in [0.29, 0.717) is 43.0 Å². The minimum Gasteiger partial charge on any atom is -0.508 e. The van der Waals surface area contributed by atoms with Gasteiger partial charge in [0, 0.05) is 41.5 Å². The summed E-state index contributed by atoms with van der Waals surface area (Å²) in [5.74, 6) is -1.26. The third-order valence-corrected chi connectivity index (χ3v) is 12.8. The number of piperidine rings is 1. The van der Waals surface area contributed by atoms with Crippen molar-refractivity contribution in [2.75, 3.05) is 58.1 Å². The second kappa shape index (κ2) is 13.7. The lowest BCUT2D eigenvalue weighted by Gasteiger charge is -2.53. The molecular weight excluding hydrogens is 684 g/mol. The molecule has 2 aromatic carbocycles. The van der Waals surface area contributed by atoms with Crippen LogP contribution in [0.25, 0.3) is 32.9 Å². The van der Waals surface area contributed by atoms with Gasteiger partial charge in [-0.25, -0.2) is 13.8 Å². The number of nitrogens with zero attached hydrogens (tertiary/aromatic N) is 5. The van der Waals surface area contributed by atoms with Crippen LogP contribution in [0, 0.1) is 17.0 Å². The summed E-state index contributed by atoms with van der Waals surface area (Å²) in [4.78, 5) is 18.7. The van der Waals surface area contributed by atoms with Gasteiger partial charge in [-0.05, 0) is 87.9 Å². The van der Waals surface area contributed by atoms with Crippen molar-refractivity contribution >= 4 is 27.5 Å². The molecule has 1 spiro atoms. The molecular formula is C40H47F2N5O6. The number of phenols is 1. The molecule has 9 rings (SSSR count). The smallest absolute Gasteiger partial charge is 0.319 e. The standard InChI is InChI=1S/C40H47F2N5O6/c1-50-37-32-35(33(42)34(43-37)28-20-26(48)19-24-5-2-6-29(41)31(24)28)44-38(45-36(32)46-16-18-51-22-27(49)21-46)52-23-39-10-3-7-30(39)47(15-4-11-39)25-8-12-40(13-9-25)14-17-53-40/h2,5-6,19-20,25,27,30,48-49H,3-4,7-18,21-23H2,1H3. The Labute approximate surface area is 307 Å². The number of rotatable bonds is 7. The molecule has 3 atom stereocenters. The first-order valence-electron chi connectivity index (χ1n) is 19.2. The molecule has 2 aromatic heterocycles. The molecule has 2 saturated carbocycles. The first-order valence-corrected chi connectivity index (χ1v) is 19.2. The lowest BCUT2D eigenvalue weighted by Crippen LogP contribution is -2.58. The number of aromatic nitrogens is 3. The van der Waals surface area contributed by atoms with E-state index in [9.17, 15) is 10.2 Å². The maximum atomic E-state index is 17.1. The van der Waals surface area contributed by atoms with Crippen molar-refractivity contribution in [2.24, 2.45) is 5.41 Å². The van der Waals surface area contributed by atoms with Crippen molar-refractivity contribution in [1.82, 2.24) is 19.9 Å². The van der Waals surface area contributed by atoms with Crippen LogP contribution in [0.5, 0.6) is 17.6 Å². The fourth-order valence-corrected chi connectivity index (χ4v) is 10.1. The number of halogens is 2. The highest BCUT2D eigenvalue weighted by Gasteiger charge is 2.52. The van der Waals surface area contributed by atoms with Crippen LogP contribution in [0.4, 0.5) is 14.6 Å². The molecule has 13 heteroatoms. The topological polar surface area (TPSA) is 123 Å². The highest BCUT2D eigenvalue weighted by molar-refractivity contribution is 6.02. The third kappa shape index (κ3) is 6.13. The SMILES string of the molecule is COc1nc(-c2cc(O)cc3cccc(F)c23)c(F)c2nc(OCC34CCCC3N(C3CCC5(CCO5)CC3)CCC4)nc(N3CCOCC(O)C3)c12. The highest BCUT2D eigenvalue weighted by atomic mass is 19.1. The second-order valence-electron chi connectivity index (χ2n) is 15.8. The Balaban J connectivity index is 1.11.